The maximum absolute atomic E-state index is 2.63. The van der Waals surface area contributed by atoms with E-state index in [-0.39, 0.29) is 0 Å². The Kier molecular flexibility index (Phi) is 3.15. The van der Waals surface area contributed by atoms with E-state index in [2.05, 4.69) is 82.2 Å². The Morgan fingerprint density at radius 1 is 0.714 bits per heavy atom. The van der Waals surface area contributed by atoms with Crippen LogP contribution in [0.1, 0.15) is 14.8 Å². The molecule has 0 aromatic heterocycles. The first-order valence-corrected chi connectivity index (χ1v) is 19.1. The summed E-state index contributed by atoms with van der Waals surface area (Å²) in [6, 6.07) is 18.1. The van der Waals surface area contributed by atoms with Gasteiger partial charge < -0.3 is 0 Å². The molecule has 0 N–H and O–H groups in total. The molecule has 104 valence electrons. The standard InChI is InChI=1S/C13H9.C5H5.2CH3.Hf/c1-3-7-12-10(5-1)9-11-6-2-4-8-13(11)12;1-2-4-5-3-1;;;/h1-9H;1-5H;2*1H3;. The van der Waals surface area contributed by atoms with Gasteiger partial charge in [0.25, 0.3) is 0 Å². The van der Waals surface area contributed by atoms with Crippen LogP contribution in [-0.2, 0) is 20.0 Å². The van der Waals surface area contributed by atoms with Crippen molar-refractivity contribution in [1.29, 1.82) is 0 Å². The van der Waals surface area contributed by atoms with E-state index in [0.717, 1.165) is 3.67 Å². The second-order valence-electron chi connectivity index (χ2n) is 6.72. The number of rotatable bonds is 2. The molecule has 0 radical (unpaired) electrons. The van der Waals surface area contributed by atoms with E-state index in [4.69, 9.17) is 0 Å². The van der Waals surface area contributed by atoms with Crippen LogP contribution in [0.5, 0.6) is 0 Å². The van der Waals surface area contributed by atoms with Gasteiger partial charge in [0.2, 0.25) is 0 Å². The van der Waals surface area contributed by atoms with Gasteiger partial charge in [0.1, 0.15) is 0 Å². The van der Waals surface area contributed by atoms with Gasteiger partial charge in [0.05, 0.1) is 0 Å². The van der Waals surface area contributed by atoms with Crippen LogP contribution in [0, 0.1) is 0 Å². The summed E-state index contributed by atoms with van der Waals surface area (Å²) >= 11 is -2.52. The van der Waals surface area contributed by atoms with E-state index >= 15 is 0 Å². The molecule has 0 saturated heterocycles. The zero-order valence-corrected chi connectivity index (χ0v) is 16.2. The second-order valence-corrected chi connectivity index (χ2v) is 24.3. The summed E-state index contributed by atoms with van der Waals surface area (Å²) < 4.78 is 6.66. The van der Waals surface area contributed by atoms with Crippen molar-refractivity contribution < 1.29 is 20.0 Å². The fourth-order valence-corrected chi connectivity index (χ4v) is 17.4. The van der Waals surface area contributed by atoms with Gasteiger partial charge in [-0.15, -0.1) is 0 Å². The first-order valence-electron chi connectivity index (χ1n) is 7.73. The Bertz CT molecular complexity index is 694. The number of hydrogen-bond acceptors (Lipinski definition) is 0. The van der Waals surface area contributed by atoms with E-state index in [9.17, 15) is 0 Å². The van der Waals surface area contributed by atoms with Gasteiger partial charge in [-0.3, -0.25) is 0 Å². The van der Waals surface area contributed by atoms with Crippen molar-refractivity contribution >= 4 is 0 Å². The van der Waals surface area contributed by atoms with E-state index in [1.54, 1.807) is 11.1 Å². The summed E-state index contributed by atoms with van der Waals surface area (Å²) in [6.07, 6.45) is 9.34. The average molecular weight is 439 g/mol. The van der Waals surface area contributed by atoms with Crippen molar-refractivity contribution in [2.75, 3.05) is 0 Å². The summed E-state index contributed by atoms with van der Waals surface area (Å²) in [6.45, 7) is 0. The summed E-state index contributed by atoms with van der Waals surface area (Å²) in [5.41, 5.74) is 6.10. The molecule has 0 aliphatic heterocycles. The first-order chi connectivity index (χ1) is 10.2. The quantitative estimate of drug-likeness (QED) is 0.510. The summed E-state index contributed by atoms with van der Waals surface area (Å²) in [4.78, 5) is 0. The Labute approximate surface area is 131 Å². The Morgan fingerprint density at radius 3 is 1.71 bits per heavy atom. The summed E-state index contributed by atoms with van der Waals surface area (Å²) in [7, 11) is 0. The molecule has 21 heavy (non-hydrogen) atoms. The zero-order chi connectivity index (χ0) is 14.4. The average Bonchev–Trinajstić information content (AvgIpc) is 3.14. The molecule has 0 fully saturated rings. The van der Waals surface area contributed by atoms with Crippen LogP contribution in [-0.4, -0.2) is 0 Å². The third kappa shape index (κ3) is 1.97. The van der Waals surface area contributed by atoms with Gasteiger partial charge in [0, 0.05) is 0 Å². The van der Waals surface area contributed by atoms with Crippen LogP contribution < -0.4 is 0 Å². The molecule has 0 amide bonds. The molecule has 4 rings (SSSR count). The molecule has 2 aromatic carbocycles. The van der Waals surface area contributed by atoms with E-state index in [0.29, 0.717) is 3.67 Å². The molecule has 0 unspecified atom stereocenters. The van der Waals surface area contributed by atoms with Crippen molar-refractivity contribution in [3.05, 3.63) is 84.0 Å². The molecule has 2 aliphatic carbocycles. The molecule has 0 spiro atoms. The number of benzene rings is 2. The molecule has 1 heteroatoms. The fraction of sp³-hybridized carbons (Fsp3) is 0.200. The summed E-state index contributed by atoms with van der Waals surface area (Å²) in [5.74, 6) is 0. The second kappa shape index (κ2) is 4.91. The third-order valence-electron chi connectivity index (χ3n) is 5.18. The molecule has 0 heterocycles. The molecular formula is C20H20Hf. The first kappa shape index (κ1) is 13.5. The monoisotopic (exact) mass is 440 g/mol. The maximum atomic E-state index is 2.63. The number of allylic oxidation sites excluding steroid dienone is 4. The van der Waals surface area contributed by atoms with Gasteiger partial charge in [-0.1, -0.05) is 0 Å². The van der Waals surface area contributed by atoms with Crippen LogP contribution in [0.2, 0.25) is 13.0 Å². The molecule has 2 aliphatic rings. The fourth-order valence-electron chi connectivity index (χ4n) is 4.08. The Morgan fingerprint density at radius 2 is 1.19 bits per heavy atom. The number of hydrogen-bond donors (Lipinski definition) is 0. The van der Waals surface area contributed by atoms with E-state index in [1.165, 1.54) is 11.1 Å². The van der Waals surface area contributed by atoms with Gasteiger partial charge in [-0.25, -0.2) is 0 Å². The Balaban J connectivity index is 1.93. The van der Waals surface area contributed by atoms with Crippen molar-refractivity contribution in [3.8, 4) is 11.1 Å². The van der Waals surface area contributed by atoms with Gasteiger partial charge in [0.15, 0.2) is 0 Å². The van der Waals surface area contributed by atoms with Crippen molar-refractivity contribution in [1.82, 2.24) is 0 Å². The van der Waals surface area contributed by atoms with Crippen molar-refractivity contribution in [3.63, 3.8) is 0 Å². The molecule has 0 nitrogen and oxygen atoms in total. The minimum atomic E-state index is -2.52. The number of fused-ring (bicyclic) bond motifs is 3. The Hall–Kier alpha value is -1.21. The van der Waals surface area contributed by atoms with Crippen molar-refractivity contribution in [2.24, 2.45) is 0 Å². The zero-order valence-electron chi connectivity index (χ0n) is 12.6. The topological polar surface area (TPSA) is 0 Å². The molecule has 0 bridgehead atoms. The molecular weight excluding hydrogens is 419 g/mol. The SMILES string of the molecule is [CH3][Hf]([CH3])([CH]1C=CC=C1)[CH]1c2ccccc2-c2ccccc21. The van der Waals surface area contributed by atoms with E-state index < -0.39 is 20.0 Å². The predicted octanol–water partition coefficient (Wildman–Crippen LogP) is 5.92. The third-order valence-corrected chi connectivity index (χ3v) is 20.3. The van der Waals surface area contributed by atoms with Gasteiger partial charge in [-0.2, -0.15) is 0 Å². The van der Waals surface area contributed by atoms with Crippen LogP contribution >= 0.6 is 0 Å². The van der Waals surface area contributed by atoms with Gasteiger partial charge >= 0.3 is 132 Å². The minimum absolute atomic E-state index is 0.683. The van der Waals surface area contributed by atoms with Crippen LogP contribution in [0.25, 0.3) is 11.1 Å². The van der Waals surface area contributed by atoms with Crippen LogP contribution in [0.15, 0.2) is 72.8 Å². The van der Waals surface area contributed by atoms with Crippen molar-refractivity contribution in [2.45, 2.75) is 16.7 Å². The molecule has 2 aromatic rings. The van der Waals surface area contributed by atoms with Crippen LogP contribution in [0.4, 0.5) is 0 Å². The predicted molar refractivity (Wildman–Crippen MR) is 87.5 cm³/mol. The van der Waals surface area contributed by atoms with E-state index in [1.807, 2.05) is 0 Å². The normalized spacial score (nSPS) is 17.2. The van der Waals surface area contributed by atoms with Gasteiger partial charge in [-0.05, 0) is 0 Å². The van der Waals surface area contributed by atoms with Crippen LogP contribution in [0.3, 0.4) is 0 Å². The molecule has 0 atom stereocenters. The summed E-state index contributed by atoms with van der Waals surface area (Å²) in [5, 5.41) is 0. The molecule has 0 saturated carbocycles.